The monoisotopic (exact) mass is 289 g/mol. The second kappa shape index (κ2) is 6.55. The molecular formula is C16H16ClNO2. The summed E-state index contributed by atoms with van der Waals surface area (Å²) in [6, 6.07) is 14.9. The molecular weight excluding hydrogens is 274 g/mol. The molecule has 3 nitrogen and oxygen atoms in total. The summed E-state index contributed by atoms with van der Waals surface area (Å²) in [6.07, 6.45) is 0.675. The smallest absolute Gasteiger partial charge is 0.305 e. The Hall–Kier alpha value is -1.84. The third-order valence-electron chi connectivity index (χ3n) is 3.07. The van der Waals surface area contributed by atoms with Gasteiger partial charge in [0.2, 0.25) is 0 Å². The van der Waals surface area contributed by atoms with Gasteiger partial charge in [0.05, 0.1) is 6.42 Å². The lowest BCUT2D eigenvalue weighted by Crippen LogP contribution is -2.15. The van der Waals surface area contributed by atoms with Crippen LogP contribution in [0.15, 0.2) is 48.5 Å². The molecule has 104 valence electrons. The summed E-state index contributed by atoms with van der Waals surface area (Å²) in [6.45, 7) is 0. The van der Waals surface area contributed by atoms with E-state index in [9.17, 15) is 4.79 Å². The highest BCUT2D eigenvalue weighted by Crippen LogP contribution is 2.19. The summed E-state index contributed by atoms with van der Waals surface area (Å²) < 4.78 is 0. The minimum Gasteiger partial charge on any atom is -0.481 e. The summed E-state index contributed by atoms with van der Waals surface area (Å²) >= 11 is 5.96. The van der Waals surface area contributed by atoms with Gasteiger partial charge in [-0.05, 0) is 35.2 Å². The van der Waals surface area contributed by atoms with Crippen molar-refractivity contribution in [1.29, 1.82) is 0 Å². The van der Waals surface area contributed by atoms with E-state index < -0.39 is 12.0 Å². The van der Waals surface area contributed by atoms with Crippen molar-refractivity contribution < 1.29 is 9.90 Å². The molecule has 2 aromatic rings. The topological polar surface area (TPSA) is 63.3 Å². The summed E-state index contributed by atoms with van der Waals surface area (Å²) in [4.78, 5) is 10.7. The number of rotatable bonds is 5. The maximum Gasteiger partial charge on any atom is 0.305 e. The minimum absolute atomic E-state index is 0.0688. The van der Waals surface area contributed by atoms with Gasteiger partial charge in [-0.25, -0.2) is 0 Å². The van der Waals surface area contributed by atoms with Gasteiger partial charge in [0.1, 0.15) is 0 Å². The van der Waals surface area contributed by atoms with E-state index in [4.69, 9.17) is 22.4 Å². The van der Waals surface area contributed by atoms with Crippen LogP contribution in [-0.4, -0.2) is 11.1 Å². The molecule has 0 aromatic heterocycles. The molecule has 3 N–H and O–H groups in total. The molecule has 0 aliphatic carbocycles. The maximum absolute atomic E-state index is 10.7. The van der Waals surface area contributed by atoms with E-state index in [-0.39, 0.29) is 6.42 Å². The average Bonchev–Trinajstić information content (AvgIpc) is 2.38. The molecule has 0 spiro atoms. The Balaban J connectivity index is 2.15. The van der Waals surface area contributed by atoms with Crippen LogP contribution in [0, 0.1) is 0 Å². The van der Waals surface area contributed by atoms with E-state index in [0.717, 1.165) is 23.1 Å². The van der Waals surface area contributed by atoms with Crippen molar-refractivity contribution in [2.24, 2.45) is 5.73 Å². The zero-order chi connectivity index (χ0) is 14.5. The second-order valence-corrected chi connectivity index (χ2v) is 5.19. The summed E-state index contributed by atoms with van der Waals surface area (Å²) in [5, 5.41) is 9.50. The van der Waals surface area contributed by atoms with Crippen LogP contribution < -0.4 is 5.73 Å². The molecule has 20 heavy (non-hydrogen) atoms. The number of hydrogen-bond donors (Lipinski definition) is 2. The molecule has 2 rings (SSSR count). The third-order valence-corrected chi connectivity index (χ3v) is 3.31. The van der Waals surface area contributed by atoms with Gasteiger partial charge in [0.15, 0.2) is 0 Å². The molecule has 0 aliphatic rings. The van der Waals surface area contributed by atoms with Crippen LogP contribution in [0.4, 0.5) is 0 Å². The molecule has 0 saturated carbocycles. The van der Waals surface area contributed by atoms with E-state index in [1.165, 1.54) is 0 Å². The predicted molar refractivity (Wildman–Crippen MR) is 79.9 cm³/mol. The van der Waals surface area contributed by atoms with Crippen molar-refractivity contribution in [3.8, 4) is 0 Å². The Morgan fingerprint density at radius 2 is 1.80 bits per heavy atom. The fraction of sp³-hybridized carbons (Fsp3) is 0.188. The van der Waals surface area contributed by atoms with Crippen molar-refractivity contribution in [1.82, 2.24) is 0 Å². The normalized spacial score (nSPS) is 12.1. The summed E-state index contributed by atoms with van der Waals surface area (Å²) in [5.74, 6) is -0.891. The SMILES string of the molecule is NC(CC(=O)O)c1cccc(Cc2cccc(Cl)c2)c1. The fourth-order valence-electron chi connectivity index (χ4n) is 2.12. The largest absolute Gasteiger partial charge is 0.481 e. The number of carboxylic acids is 1. The number of hydrogen-bond acceptors (Lipinski definition) is 2. The Labute approximate surface area is 123 Å². The Bertz CT molecular complexity index is 613. The number of nitrogens with two attached hydrogens (primary N) is 1. The molecule has 0 aliphatic heterocycles. The Morgan fingerprint density at radius 3 is 2.45 bits per heavy atom. The quantitative estimate of drug-likeness (QED) is 0.886. The molecule has 0 amide bonds. The Kier molecular flexibility index (Phi) is 4.77. The van der Waals surface area contributed by atoms with Crippen molar-refractivity contribution in [3.05, 3.63) is 70.2 Å². The maximum atomic E-state index is 10.7. The predicted octanol–water partition coefficient (Wildman–Crippen LogP) is 3.41. The van der Waals surface area contributed by atoms with E-state index in [2.05, 4.69) is 0 Å². The van der Waals surface area contributed by atoms with Crippen LogP contribution in [0.1, 0.15) is 29.2 Å². The van der Waals surface area contributed by atoms with E-state index in [0.29, 0.717) is 5.02 Å². The first kappa shape index (κ1) is 14.6. The van der Waals surface area contributed by atoms with Gasteiger partial charge in [-0.1, -0.05) is 48.0 Å². The van der Waals surface area contributed by atoms with Gasteiger partial charge < -0.3 is 10.8 Å². The van der Waals surface area contributed by atoms with Crippen molar-refractivity contribution >= 4 is 17.6 Å². The molecule has 0 fully saturated rings. The van der Waals surface area contributed by atoms with Gasteiger partial charge in [0, 0.05) is 11.1 Å². The molecule has 0 bridgehead atoms. The number of carbonyl (C=O) groups is 1. The highest BCUT2D eigenvalue weighted by molar-refractivity contribution is 6.30. The van der Waals surface area contributed by atoms with E-state index in [1.807, 2.05) is 48.5 Å². The van der Waals surface area contributed by atoms with Gasteiger partial charge in [-0.15, -0.1) is 0 Å². The first-order valence-electron chi connectivity index (χ1n) is 6.35. The van der Waals surface area contributed by atoms with Crippen LogP contribution in [-0.2, 0) is 11.2 Å². The van der Waals surface area contributed by atoms with Crippen LogP contribution in [0.5, 0.6) is 0 Å². The molecule has 1 atom stereocenters. The lowest BCUT2D eigenvalue weighted by Gasteiger charge is -2.11. The van der Waals surface area contributed by atoms with E-state index in [1.54, 1.807) is 0 Å². The lowest BCUT2D eigenvalue weighted by atomic mass is 9.98. The van der Waals surface area contributed by atoms with Crippen LogP contribution in [0.2, 0.25) is 5.02 Å². The number of benzene rings is 2. The molecule has 0 heterocycles. The number of carboxylic acid groups (broad SMARTS) is 1. The Morgan fingerprint density at radius 1 is 1.15 bits per heavy atom. The lowest BCUT2D eigenvalue weighted by molar-refractivity contribution is -0.137. The number of halogens is 1. The molecule has 0 saturated heterocycles. The number of aliphatic carboxylic acids is 1. The fourth-order valence-corrected chi connectivity index (χ4v) is 2.34. The van der Waals surface area contributed by atoms with Gasteiger partial charge in [-0.3, -0.25) is 4.79 Å². The molecule has 1 unspecified atom stereocenters. The van der Waals surface area contributed by atoms with E-state index >= 15 is 0 Å². The van der Waals surface area contributed by atoms with Gasteiger partial charge >= 0.3 is 5.97 Å². The van der Waals surface area contributed by atoms with Gasteiger partial charge in [-0.2, -0.15) is 0 Å². The highest BCUT2D eigenvalue weighted by Gasteiger charge is 2.11. The second-order valence-electron chi connectivity index (χ2n) is 4.76. The summed E-state index contributed by atoms with van der Waals surface area (Å²) in [7, 11) is 0. The van der Waals surface area contributed by atoms with Crippen LogP contribution >= 0.6 is 11.6 Å². The zero-order valence-electron chi connectivity index (χ0n) is 10.9. The van der Waals surface area contributed by atoms with Crippen LogP contribution in [0.25, 0.3) is 0 Å². The zero-order valence-corrected chi connectivity index (χ0v) is 11.7. The van der Waals surface area contributed by atoms with Crippen molar-refractivity contribution in [2.75, 3.05) is 0 Å². The first-order chi connectivity index (χ1) is 9.54. The highest BCUT2D eigenvalue weighted by atomic mass is 35.5. The first-order valence-corrected chi connectivity index (χ1v) is 6.73. The third kappa shape index (κ3) is 4.08. The van der Waals surface area contributed by atoms with Crippen LogP contribution in [0.3, 0.4) is 0 Å². The molecule has 2 aromatic carbocycles. The minimum atomic E-state index is -0.891. The molecule has 0 radical (unpaired) electrons. The van der Waals surface area contributed by atoms with Gasteiger partial charge in [0.25, 0.3) is 0 Å². The standard InChI is InChI=1S/C16H16ClNO2/c17-14-6-2-4-12(9-14)7-11-3-1-5-13(8-11)15(18)10-16(19)20/h1-6,8-9,15H,7,10,18H2,(H,19,20). The van der Waals surface area contributed by atoms with Crippen molar-refractivity contribution in [3.63, 3.8) is 0 Å². The molecule has 4 heteroatoms. The summed E-state index contributed by atoms with van der Waals surface area (Å²) in [5.41, 5.74) is 8.92. The van der Waals surface area contributed by atoms with Crippen molar-refractivity contribution in [2.45, 2.75) is 18.9 Å². The average molecular weight is 290 g/mol.